The summed E-state index contributed by atoms with van der Waals surface area (Å²) in [7, 11) is 3.29. The van der Waals surface area contributed by atoms with Crippen molar-refractivity contribution in [1.82, 2.24) is 19.8 Å². The van der Waals surface area contributed by atoms with E-state index in [1.54, 1.807) is 30.5 Å². The second kappa shape index (κ2) is 12.2. The lowest BCUT2D eigenvalue weighted by atomic mass is 10.0. The number of aromatic amines is 1. The summed E-state index contributed by atoms with van der Waals surface area (Å²) < 4.78 is 46.6. The molecule has 42 heavy (non-hydrogen) atoms. The normalized spacial score (nSPS) is 14.9. The molecule has 3 heterocycles. The van der Waals surface area contributed by atoms with E-state index in [2.05, 4.69) is 20.2 Å². The zero-order chi connectivity index (χ0) is 29.9. The average Bonchev–Trinajstić information content (AvgIpc) is 3.40. The Balaban J connectivity index is 1.29. The lowest BCUT2D eigenvalue weighted by molar-refractivity contribution is -0.138. The molecule has 4 aromatic rings. The molecule has 0 bridgehead atoms. The predicted molar refractivity (Wildman–Crippen MR) is 155 cm³/mol. The second-order valence-electron chi connectivity index (χ2n) is 10.2. The standard InChI is InChI=1S/C31H30F3N5O3/c1-38-10-12-39(13-11-38)19-23-9-8-22(16-26(23)31(32,33)34)29(40)36-25-5-3-4-20(15-25)6-7-21-14-24-17-27(30(41)42-2)37-28(24)35-18-21/h3-9,14-18H,10-13,19H2,1-2H3,(H,35,37)(H,36,40)/b7-6+. The number of hydrogen-bond acceptors (Lipinski definition) is 6. The number of nitrogens with one attached hydrogen (secondary N) is 2. The molecule has 2 N–H and O–H groups in total. The van der Waals surface area contributed by atoms with Gasteiger partial charge in [0.2, 0.25) is 0 Å². The van der Waals surface area contributed by atoms with E-state index in [4.69, 9.17) is 4.74 Å². The van der Waals surface area contributed by atoms with Crippen molar-refractivity contribution in [3.8, 4) is 0 Å². The number of amides is 1. The molecule has 0 radical (unpaired) electrons. The number of piperazine rings is 1. The van der Waals surface area contributed by atoms with Crippen LogP contribution in [0.4, 0.5) is 18.9 Å². The molecule has 218 valence electrons. The number of benzene rings is 2. The number of nitrogens with zero attached hydrogens (tertiary/aromatic N) is 3. The third-order valence-corrected chi connectivity index (χ3v) is 7.18. The van der Waals surface area contributed by atoms with Crippen molar-refractivity contribution in [2.24, 2.45) is 0 Å². The second-order valence-corrected chi connectivity index (χ2v) is 10.2. The van der Waals surface area contributed by atoms with Crippen molar-refractivity contribution in [2.45, 2.75) is 12.7 Å². The SMILES string of the molecule is COC(=O)c1cc2cc(/C=C/c3cccc(NC(=O)c4ccc(CN5CCN(C)CC5)c(C(F)(F)F)c4)c3)cnc2[nH]1. The quantitative estimate of drug-likeness (QED) is 0.281. The van der Waals surface area contributed by atoms with Crippen LogP contribution in [0.5, 0.6) is 0 Å². The van der Waals surface area contributed by atoms with E-state index in [1.807, 2.05) is 36.2 Å². The molecular weight excluding hydrogens is 547 g/mol. The van der Waals surface area contributed by atoms with Crippen LogP contribution in [-0.4, -0.2) is 72.0 Å². The van der Waals surface area contributed by atoms with Crippen molar-refractivity contribution in [3.63, 3.8) is 0 Å². The lowest BCUT2D eigenvalue weighted by Gasteiger charge is -2.33. The molecule has 8 nitrogen and oxygen atoms in total. The molecule has 0 atom stereocenters. The van der Waals surface area contributed by atoms with Gasteiger partial charge in [0.15, 0.2) is 0 Å². The van der Waals surface area contributed by atoms with Crippen LogP contribution in [0, 0.1) is 0 Å². The first-order valence-corrected chi connectivity index (χ1v) is 13.4. The van der Waals surface area contributed by atoms with Gasteiger partial charge in [-0.2, -0.15) is 13.2 Å². The van der Waals surface area contributed by atoms with Crippen LogP contribution in [0.25, 0.3) is 23.2 Å². The van der Waals surface area contributed by atoms with Crippen molar-refractivity contribution in [3.05, 3.63) is 94.3 Å². The summed E-state index contributed by atoms with van der Waals surface area (Å²) in [6.07, 6.45) is 0.712. The van der Waals surface area contributed by atoms with Crippen molar-refractivity contribution < 1.29 is 27.5 Å². The van der Waals surface area contributed by atoms with Crippen LogP contribution < -0.4 is 5.32 Å². The van der Waals surface area contributed by atoms with Gasteiger partial charge in [-0.05, 0) is 60.1 Å². The first-order valence-electron chi connectivity index (χ1n) is 13.4. The largest absolute Gasteiger partial charge is 0.464 e. The molecule has 1 fully saturated rings. The van der Waals surface area contributed by atoms with Gasteiger partial charge < -0.3 is 19.9 Å². The Hall–Kier alpha value is -4.48. The van der Waals surface area contributed by atoms with Gasteiger partial charge in [0.05, 0.1) is 12.7 Å². The van der Waals surface area contributed by atoms with E-state index in [0.29, 0.717) is 30.1 Å². The number of ether oxygens (including phenoxy) is 1. The summed E-state index contributed by atoms with van der Waals surface area (Å²) in [5.41, 5.74) is 2.14. The zero-order valence-electron chi connectivity index (χ0n) is 23.2. The fourth-order valence-corrected chi connectivity index (χ4v) is 4.83. The monoisotopic (exact) mass is 577 g/mol. The lowest BCUT2D eigenvalue weighted by Crippen LogP contribution is -2.44. The average molecular weight is 578 g/mol. The number of esters is 1. The summed E-state index contributed by atoms with van der Waals surface area (Å²) in [6, 6.07) is 14.3. The molecule has 1 amide bonds. The molecule has 1 aliphatic rings. The number of alkyl halides is 3. The molecule has 11 heteroatoms. The number of carbonyl (C=O) groups excluding carboxylic acids is 2. The summed E-state index contributed by atoms with van der Waals surface area (Å²) in [5.74, 6) is -1.11. The highest BCUT2D eigenvalue weighted by atomic mass is 19.4. The number of rotatable bonds is 7. The van der Waals surface area contributed by atoms with Gasteiger partial charge in [0.1, 0.15) is 11.3 Å². The molecule has 0 aliphatic carbocycles. The highest BCUT2D eigenvalue weighted by Gasteiger charge is 2.34. The van der Waals surface area contributed by atoms with Crippen LogP contribution >= 0.6 is 0 Å². The van der Waals surface area contributed by atoms with E-state index < -0.39 is 23.6 Å². The van der Waals surface area contributed by atoms with Gasteiger partial charge in [0.25, 0.3) is 5.91 Å². The number of halogens is 3. The maximum Gasteiger partial charge on any atom is 0.416 e. The number of hydrogen-bond donors (Lipinski definition) is 2. The van der Waals surface area contributed by atoms with Crippen LogP contribution in [0.3, 0.4) is 0 Å². The number of likely N-dealkylation sites (N-methyl/N-ethyl adjacent to an activating group) is 1. The molecule has 1 aliphatic heterocycles. The van der Waals surface area contributed by atoms with Crippen molar-refractivity contribution in [1.29, 1.82) is 0 Å². The summed E-state index contributed by atoms with van der Waals surface area (Å²) in [5, 5.41) is 3.45. The van der Waals surface area contributed by atoms with Gasteiger partial charge in [0, 0.05) is 55.6 Å². The van der Waals surface area contributed by atoms with Gasteiger partial charge in [-0.15, -0.1) is 0 Å². The molecule has 0 saturated carbocycles. The predicted octanol–water partition coefficient (Wildman–Crippen LogP) is 5.54. The first-order chi connectivity index (χ1) is 20.1. The number of pyridine rings is 1. The summed E-state index contributed by atoms with van der Waals surface area (Å²) in [4.78, 5) is 36.1. The molecule has 2 aromatic carbocycles. The smallest absolute Gasteiger partial charge is 0.416 e. The minimum atomic E-state index is -4.58. The first kappa shape index (κ1) is 29.0. The summed E-state index contributed by atoms with van der Waals surface area (Å²) in [6.45, 7) is 3.15. The maximum atomic E-state index is 14.0. The number of fused-ring (bicyclic) bond motifs is 1. The molecular formula is C31H30F3N5O3. The maximum absolute atomic E-state index is 14.0. The minimum absolute atomic E-state index is 0.0670. The number of anilines is 1. The number of methoxy groups -OCH3 is 1. The minimum Gasteiger partial charge on any atom is -0.464 e. The molecule has 2 aromatic heterocycles. The molecule has 0 unspecified atom stereocenters. The van der Waals surface area contributed by atoms with E-state index >= 15 is 0 Å². The van der Waals surface area contributed by atoms with Crippen LogP contribution in [-0.2, 0) is 17.5 Å². The van der Waals surface area contributed by atoms with Gasteiger partial charge >= 0.3 is 12.1 Å². The highest BCUT2D eigenvalue weighted by molar-refractivity contribution is 6.04. The summed E-state index contributed by atoms with van der Waals surface area (Å²) >= 11 is 0. The number of H-pyrrole nitrogens is 1. The van der Waals surface area contributed by atoms with Gasteiger partial charge in [-0.25, -0.2) is 9.78 Å². The fourth-order valence-electron chi connectivity index (χ4n) is 4.83. The zero-order valence-corrected chi connectivity index (χ0v) is 23.2. The Labute approximate surface area is 240 Å². The number of carbonyl (C=O) groups is 2. The molecule has 1 saturated heterocycles. The number of aromatic nitrogens is 2. The van der Waals surface area contributed by atoms with Crippen LogP contribution in [0.15, 0.2) is 60.8 Å². The van der Waals surface area contributed by atoms with E-state index in [0.717, 1.165) is 35.7 Å². The Bertz CT molecular complexity index is 1640. The van der Waals surface area contributed by atoms with Gasteiger partial charge in [-0.1, -0.05) is 30.4 Å². The molecule has 0 spiro atoms. The fraction of sp³-hybridized carbons (Fsp3) is 0.258. The molecule has 5 rings (SSSR count). The van der Waals surface area contributed by atoms with E-state index in [-0.39, 0.29) is 17.7 Å². The third-order valence-electron chi connectivity index (χ3n) is 7.18. The van der Waals surface area contributed by atoms with E-state index in [9.17, 15) is 22.8 Å². The third kappa shape index (κ3) is 6.87. The van der Waals surface area contributed by atoms with Gasteiger partial charge in [-0.3, -0.25) is 9.69 Å². The Morgan fingerprint density at radius 1 is 1.02 bits per heavy atom. The van der Waals surface area contributed by atoms with Crippen molar-refractivity contribution in [2.75, 3.05) is 45.7 Å². The van der Waals surface area contributed by atoms with Crippen LogP contribution in [0.1, 0.15) is 43.1 Å². The van der Waals surface area contributed by atoms with Crippen molar-refractivity contribution >= 4 is 40.7 Å². The van der Waals surface area contributed by atoms with E-state index in [1.165, 1.54) is 19.2 Å². The topological polar surface area (TPSA) is 90.6 Å². The highest BCUT2D eigenvalue weighted by Crippen LogP contribution is 2.34. The Morgan fingerprint density at radius 3 is 2.52 bits per heavy atom. The van der Waals surface area contributed by atoms with Crippen LogP contribution in [0.2, 0.25) is 0 Å². The Kier molecular flexibility index (Phi) is 8.41. The Morgan fingerprint density at radius 2 is 1.79 bits per heavy atom.